The molecular weight excluding hydrogens is 280 g/mol. The van der Waals surface area contributed by atoms with Crippen molar-refractivity contribution in [1.29, 1.82) is 0 Å². The van der Waals surface area contributed by atoms with Crippen LogP contribution in [0.15, 0.2) is 24.8 Å². The Morgan fingerprint density at radius 3 is 2.80 bits per heavy atom. The number of halogens is 1. The van der Waals surface area contributed by atoms with Crippen LogP contribution in [0.2, 0.25) is 5.15 Å². The molecule has 0 radical (unpaired) electrons. The van der Waals surface area contributed by atoms with Gasteiger partial charge in [-0.1, -0.05) is 31.0 Å². The molecule has 1 unspecified atom stereocenters. The molecule has 108 valence electrons. The molecule has 5 nitrogen and oxygen atoms in total. The zero-order valence-corrected chi connectivity index (χ0v) is 12.0. The summed E-state index contributed by atoms with van der Waals surface area (Å²) in [5.74, 6) is -1.59. The van der Waals surface area contributed by atoms with Crippen molar-refractivity contribution in [2.75, 3.05) is 0 Å². The molecule has 1 heterocycles. The van der Waals surface area contributed by atoms with Gasteiger partial charge in [-0.25, -0.2) is 9.78 Å². The molecule has 0 aliphatic rings. The number of aromatic nitrogens is 1. The van der Waals surface area contributed by atoms with Crippen LogP contribution in [0.1, 0.15) is 35.8 Å². The second kappa shape index (κ2) is 7.65. The van der Waals surface area contributed by atoms with Crippen LogP contribution >= 0.6 is 11.6 Å². The van der Waals surface area contributed by atoms with Crippen molar-refractivity contribution >= 4 is 23.5 Å². The summed E-state index contributed by atoms with van der Waals surface area (Å²) < 4.78 is 0. The first-order valence-corrected chi connectivity index (χ1v) is 6.66. The number of carbonyl (C=O) groups is 2. The van der Waals surface area contributed by atoms with E-state index in [2.05, 4.69) is 16.9 Å². The number of carboxylic acids is 1. The molecule has 1 amide bonds. The van der Waals surface area contributed by atoms with E-state index in [-0.39, 0.29) is 11.6 Å². The summed E-state index contributed by atoms with van der Waals surface area (Å²) in [5, 5.41) is 11.6. The largest absolute Gasteiger partial charge is 0.480 e. The van der Waals surface area contributed by atoms with Gasteiger partial charge in [0.2, 0.25) is 0 Å². The highest BCUT2D eigenvalue weighted by Gasteiger charge is 2.19. The summed E-state index contributed by atoms with van der Waals surface area (Å²) in [4.78, 5) is 27.1. The summed E-state index contributed by atoms with van der Waals surface area (Å²) in [7, 11) is 0. The molecule has 0 aromatic carbocycles. The molecule has 1 rings (SSSR count). The molecule has 6 heteroatoms. The third-order valence-corrected chi connectivity index (χ3v) is 2.81. The quantitative estimate of drug-likeness (QED) is 0.598. The van der Waals surface area contributed by atoms with E-state index >= 15 is 0 Å². The standard InChI is InChI=1S/C14H17ClN2O3/c1-3-5-10-7-9(8-12(15)16-10)13(18)17-11(6-4-2)14(19)20/h4,7-8,11H,2-3,5-6H2,1H3,(H,17,18)(H,19,20). The van der Waals surface area contributed by atoms with Crippen LogP contribution in [-0.4, -0.2) is 28.0 Å². The first-order valence-electron chi connectivity index (χ1n) is 6.29. The summed E-state index contributed by atoms with van der Waals surface area (Å²) >= 11 is 5.87. The fraction of sp³-hybridized carbons (Fsp3) is 0.357. The Morgan fingerprint density at radius 2 is 2.25 bits per heavy atom. The minimum Gasteiger partial charge on any atom is -0.480 e. The van der Waals surface area contributed by atoms with E-state index < -0.39 is 17.9 Å². The molecule has 2 N–H and O–H groups in total. The molecule has 0 bridgehead atoms. The zero-order chi connectivity index (χ0) is 15.1. The van der Waals surface area contributed by atoms with Gasteiger partial charge in [0.05, 0.1) is 0 Å². The Balaban J connectivity index is 2.90. The van der Waals surface area contributed by atoms with Crippen LogP contribution in [0.3, 0.4) is 0 Å². The maximum absolute atomic E-state index is 12.0. The van der Waals surface area contributed by atoms with Gasteiger partial charge >= 0.3 is 5.97 Å². The minimum absolute atomic E-state index is 0.154. The van der Waals surface area contributed by atoms with Gasteiger partial charge in [-0.15, -0.1) is 6.58 Å². The lowest BCUT2D eigenvalue weighted by atomic mass is 10.1. The third kappa shape index (κ3) is 4.66. The number of aryl methyl sites for hydroxylation is 1. The van der Waals surface area contributed by atoms with Gasteiger partial charge in [0, 0.05) is 11.3 Å². The molecule has 0 spiro atoms. The van der Waals surface area contributed by atoms with E-state index in [0.717, 1.165) is 6.42 Å². The van der Waals surface area contributed by atoms with E-state index in [1.165, 1.54) is 12.1 Å². The zero-order valence-electron chi connectivity index (χ0n) is 11.2. The van der Waals surface area contributed by atoms with E-state index in [1.807, 2.05) is 6.92 Å². The minimum atomic E-state index is -1.10. The van der Waals surface area contributed by atoms with Gasteiger partial charge in [-0.3, -0.25) is 4.79 Å². The van der Waals surface area contributed by atoms with Crippen molar-refractivity contribution in [2.45, 2.75) is 32.2 Å². The number of nitrogens with zero attached hydrogens (tertiary/aromatic N) is 1. The van der Waals surface area contributed by atoms with Crippen molar-refractivity contribution in [1.82, 2.24) is 10.3 Å². The highest BCUT2D eigenvalue weighted by molar-refractivity contribution is 6.29. The lowest BCUT2D eigenvalue weighted by molar-refractivity contribution is -0.139. The monoisotopic (exact) mass is 296 g/mol. The molecular formula is C14H17ClN2O3. The first-order chi connectivity index (χ1) is 9.47. The fourth-order valence-electron chi connectivity index (χ4n) is 1.70. The van der Waals surface area contributed by atoms with Gasteiger partial charge < -0.3 is 10.4 Å². The second-order valence-electron chi connectivity index (χ2n) is 4.31. The van der Waals surface area contributed by atoms with E-state index in [9.17, 15) is 9.59 Å². The number of hydrogen-bond acceptors (Lipinski definition) is 3. The Morgan fingerprint density at radius 1 is 1.55 bits per heavy atom. The number of carboxylic acid groups (broad SMARTS) is 1. The van der Waals surface area contributed by atoms with Crippen LogP contribution in [-0.2, 0) is 11.2 Å². The Labute approximate surface area is 122 Å². The highest BCUT2D eigenvalue weighted by atomic mass is 35.5. The average molecular weight is 297 g/mol. The summed E-state index contributed by atoms with van der Waals surface area (Å²) in [6.07, 6.45) is 3.18. The topological polar surface area (TPSA) is 79.3 Å². The molecule has 1 atom stereocenters. The molecule has 1 aromatic heterocycles. The van der Waals surface area contributed by atoms with Crippen molar-refractivity contribution < 1.29 is 14.7 Å². The van der Waals surface area contributed by atoms with Gasteiger partial charge in [0.25, 0.3) is 5.91 Å². The predicted molar refractivity (Wildman–Crippen MR) is 76.9 cm³/mol. The van der Waals surface area contributed by atoms with Crippen LogP contribution in [0, 0.1) is 0 Å². The van der Waals surface area contributed by atoms with E-state index in [1.54, 1.807) is 6.07 Å². The number of aliphatic carboxylic acids is 1. The molecule has 20 heavy (non-hydrogen) atoms. The SMILES string of the molecule is C=CCC(NC(=O)c1cc(Cl)nc(CCC)c1)C(=O)O. The maximum Gasteiger partial charge on any atom is 0.326 e. The van der Waals surface area contributed by atoms with Crippen molar-refractivity contribution in [3.05, 3.63) is 41.2 Å². The Hall–Kier alpha value is -1.88. The predicted octanol–water partition coefficient (Wildman–Crippen LogP) is 2.45. The molecule has 0 aliphatic heterocycles. The first kappa shape index (κ1) is 16.2. The number of carbonyl (C=O) groups excluding carboxylic acids is 1. The van der Waals surface area contributed by atoms with Gasteiger partial charge in [0.15, 0.2) is 0 Å². The van der Waals surface area contributed by atoms with Gasteiger partial charge in [-0.05, 0) is 25.0 Å². The van der Waals surface area contributed by atoms with Crippen LogP contribution in [0.25, 0.3) is 0 Å². The van der Waals surface area contributed by atoms with Crippen molar-refractivity contribution in [2.24, 2.45) is 0 Å². The number of rotatable bonds is 7. The number of nitrogens with one attached hydrogen (secondary N) is 1. The average Bonchev–Trinajstić information content (AvgIpc) is 2.37. The normalized spacial score (nSPS) is 11.7. The fourth-order valence-corrected chi connectivity index (χ4v) is 1.92. The molecule has 0 fully saturated rings. The third-order valence-electron chi connectivity index (χ3n) is 2.62. The Kier molecular flexibility index (Phi) is 6.18. The summed E-state index contributed by atoms with van der Waals surface area (Å²) in [6.45, 7) is 5.46. The van der Waals surface area contributed by atoms with E-state index in [0.29, 0.717) is 17.7 Å². The van der Waals surface area contributed by atoms with Crippen molar-refractivity contribution in [3.63, 3.8) is 0 Å². The second-order valence-corrected chi connectivity index (χ2v) is 4.70. The molecule has 1 aromatic rings. The van der Waals surface area contributed by atoms with Crippen LogP contribution in [0.4, 0.5) is 0 Å². The van der Waals surface area contributed by atoms with E-state index in [4.69, 9.17) is 16.7 Å². The number of hydrogen-bond donors (Lipinski definition) is 2. The van der Waals surface area contributed by atoms with Crippen LogP contribution < -0.4 is 5.32 Å². The van der Waals surface area contributed by atoms with Crippen LogP contribution in [0.5, 0.6) is 0 Å². The highest BCUT2D eigenvalue weighted by Crippen LogP contribution is 2.13. The molecule has 0 saturated carbocycles. The van der Waals surface area contributed by atoms with Gasteiger partial charge in [-0.2, -0.15) is 0 Å². The van der Waals surface area contributed by atoms with Crippen molar-refractivity contribution in [3.8, 4) is 0 Å². The Bertz CT molecular complexity index is 517. The smallest absolute Gasteiger partial charge is 0.326 e. The summed E-state index contributed by atoms with van der Waals surface area (Å²) in [6, 6.07) is 2.04. The molecule has 0 saturated heterocycles. The van der Waals surface area contributed by atoms with Gasteiger partial charge in [0.1, 0.15) is 11.2 Å². The molecule has 0 aliphatic carbocycles. The lowest BCUT2D eigenvalue weighted by Crippen LogP contribution is -2.40. The number of pyridine rings is 1. The maximum atomic E-state index is 12.0. The lowest BCUT2D eigenvalue weighted by Gasteiger charge is -2.13. The summed E-state index contributed by atoms with van der Waals surface area (Å²) in [5.41, 5.74) is 1.02. The number of amides is 1.